The van der Waals surface area contributed by atoms with Crippen molar-refractivity contribution in [2.75, 3.05) is 18.4 Å². The molecule has 0 aliphatic carbocycles. The van der Waals surface area contributed by atoms with Crippen LogP contribution in [0, 0.1) is 13.8 Å². The zero-order valence-electron chi connectivity index (χ0n) is 12.9. The maximum atomic E-state index is 12.0. The van der Waals surface area contributed by atoms with E-state index in [1.807, 2.05) is 20.8 Å². The van der Waals surface area contributed by atoms with Gasteiger partial charge in [0.15, 0.2) is 5.13 Å². The summed E-state index contributed by atoms with van der Waals surface area (Å²) in [5.74, 6) is -0.242. The van der Waals surface area contributed by atoms with Crippen LogP contribution >= 0.6 is 11.3 Å². The van der Waals surface area contributed by atoms with Crippen molar-refractivity contribution in [2.24, 2.45) is 0 Å². The second-order valence-electron chi connectivity index (χ2n) is 4.88. The summed E-state index contributed by atoms with van der Waals surface area (Å²) in [6.45, 7) is 9.94. The van der Waals surface area contributed by atoms with E-state index in [0.29, 0.717) is 18.1 Å². The molecule has 6 heteroatoms. The molecule has 1 heterocycles. The Kier molecular flexibility index (Phi) is 7.08. The molecule has 1 aromatic heterocycles. The van der Waals surface area contributed by atoms with E-state index in [1.54, 1.807) is 6.08 Å². The smallest absolute Gasteiger partial charge is 0.245 e. The van der Waals surface area contributed by atoms with Crippen LogP contribution in [-0.4, -0.2) is 34.8 Å². The van der Waals surface area contributed by atoms with E-state index < -0.39 is 0 Å². The number of hydrogen-bond donors (Lipinski definition) is 1. The summed E-state index contributed by atoms with van der Waals surface area (Å²) in [5.41, 5.74) is 0.914. The molecule has 116 valence electrons. The lowest BCUT2D eigenvalue weighted by molar-refractivity contribution is -0.134. The van der Waals surface area contributed by atoms with Crippen LogP contribution in [-0.2, 0) is 9.59 Å². The maximum Gasteiger partial charge on any atom is 0.245 e. The summed E-state index contributed by atoms with van der Waals surface area (Å²) in [4.78, 5) is 30.9. The van der Waals surface area contributed by atoms with Crippen molar-refractivity contribution < 1.29 is 9.59 Å². The Morgan fingerprint density at radius 2 is 2.14 bits per heavy atom. The van der Waals surface area contributed by atoms with Crippen LogP contribution in [0.25, 0.3) is 0 Å². The van der Waals surface area contributed by atoms with E-state index in [4.69, 9.17) is 0 Å². The summed E-state index contributed by atoms with van der Waals surface area (Å²) in [5, 5.41) is 3.32. The SMILES string of the molecule is C=CCN(CC(=O)Nc1nc(C)c(C)s1)C(=O)CCCC. The lowest BCUT2D eigenvalue weighted by Gasteiger charge is -2.20. The summed E-state index contributed by atoms with van der Waals surface area (Å²) in [6, 6.07) is 0. The minimum Gasteiger partial charge on any atom is -0.330 e. The number of nitrogens with zero attached hydrogens (tertiary/aromatic N) is 2. The molecular formula is C15H23N3O2S. The molecule has 0 saturated carbocycles. The standard InChI is InChI=1S/C15H23N3O2S/c1-5-7-8-14(20)18(9-6-2)10-13(19)17-15-16-11(3)12(4)21-15/h6H,2,5,7-10H2,1,3-4H3,(H,16,17,19). The van der Waals surface area contributed by atoms with E-state index in [2.05, 4.69) is 16.9 Å². The van der Waals surface area contributed by atoms with Crippen LogP contribution in [0.15, 0.2) is 12.7 Å². The van der Waals surface area contributed by atoms with Gasteiger partial charge in [-0.25, -0.2) is 4.98 Å². The fourth-order valence-electron chi connectivity index (χ4n) is 1.75. The predicted molar refractivity (Wildman–Crippen MR) is 86.5 cm³/mol. The molecule has 0 aromatic carbocycles. The number of unbranched alkanes of at least 4 members (excludes halogenated alkanes) is 1. The number of hydrogen-bond acceptors (Lipinski definition) is 4. The van der Waals surface area contributed by atoms with Crippen molar-refractivity contribution in [3.8, 4) is 0 Å². The van der Waals surface area contributed by atoms with Crippen LogP contribution in [0.4, 0.5) is 5.13 Å². The minimum absolute atomic E-state index is 0.0154. The number of amides is 2. The molecule has 0 aliphatic heterocycles. The van der Waals surface area contributed by atoms with Crippen molar-refractivity contribution in [1.29, 1.82) is 0 Å². The molecule has 0 atom stereocenters. The molecule has 2 amide bonds. The number of anilines is 1. The van der Waals surface area contributed by atoms with Gasteiger partial charge in [-0.05, 0) is 20.3 Å². The highest BCUT2D eigenvalue weighted by Crippen LogP contribution is 2.20. The molecule has 0 bridgehead atoms. The predicted octanol–water partition coefficient (Wildman–Crippen LogP) is 2.90. The Bertz CT molecular complexity index is 492. The number of nitrogens with one attached hydrogen (secondary N) is 1. The first kappa shape index (κ1) is 17.4. The van der Waals surface area contributed by atoms with Crippen molar-refractivity contribution in [3.05, 3.63) is 23.2 Å². The molecule has 0 fully saturated rings. The lowest BCUT2D eigenvalue weighted by Crippen LogP contribution is -2.38. The second-order valence-corrected chi connectivity index (χ2v) is 6.08. The van der Waals surface area contributed by atoms with Crippen LogP contribution in [0.3, 0.4) is 0 Å². The summed E-state index contributed by atoms with van der Waals surface area (Å²) >= 11 is 1.44. The van der Waals surface area contributed by atoms with Crippen LogP contribution in [0.5, 0.6) is 0 Å². The molecule has 0 saturated heterocycles. The van der Waals surface area contributed by atoms with Gasteiger partial charge in [0, 0.05) is 17.8 Å². The van der Waals surface area contributed by atoms with Crippen molar-refractivity contribution in [3.63, 3.8) is 0 Å². The Morgan fingerprint density at radius 3 is 2.67 bits per heavy atom. The maximum absolute atomic E-state index is 12.0. The third-order valence-corrected chi connectivity index (χ3v) is 4.04. The van der Waals surface area contributed by atoms with Gasteiger partial charge >= 0.3 is 0 Å². The first-order valence-corrected chi connectivity index (χ1v) is 7.92. The summed E-state index contributed by atoms with van der Waals surface area (Å²) in [7, 11) is 0. The van der Waals surface area contributed by atoms with Gasteiger partial charge < -0.3 is 10.2 Å². The van der Waals surface area contributed by atoms with E-state index in [0.717, 1.165) is 23.4 Å². The highest BCUT2D eigenvalue weighted by Gasteiger charge is 2.16. The van der Waals surface area contributed by atoms with Gasteiger partial charge in [-0.3, -0.25) is 9.59 Å². The first-order valence-electron chi connectivity index (χ1n) is 7.10. The Hall–Kier alpha value is -1.69. The van der Waals surface area contributed by atoms with Crippen LogP contribution in [0.1, 0.15) is 36.8 Å². The Balaban J connectivity index is 2.59. The van der Waals surface area contributed by atoms with Crippen molar-refractivity contribution >= 4 is 28.3 Å². The molecular weight excluding hydrogens is 286 g/mol. The van der Waals surface area contributed by atoms with Gasteiger partial charge in [0.2, 0.25) is 11.8 Å². The number of thiazole rings is 1. The molecule has 1 aromatic rings. The largest absolute Gasteiger partial charge is 0.330 e. The third-order valence-electron chi connectivity index (χ3n) is 3.06. The van der Waals surface area contributed by atoms with E-state index in [9.17, 15) is 9.59 Å². The van der Waals surface area contributed by atoms with Gasteiger partial charge in [-0.15, -0.1) is 17.9 Å². The van der Waals surface area contributed by atoms with Crippen molar-refractivity contribution in [1.82, 2.24) is 9.88 Å². The number of carbonyl (C=O) groups is 2. The Morgan fingerprint density at radius 1 is 1.43 bits per heavy atom. The third kappa shape index (κ3) is 5.67. The molecule has 0 radical (unpaired) electrons. The number of aryl methyl sites for hydroxylation is 2. The fourth-order valence-corrected chi connectivity index (χ4v) is 2.59. The number of carbonyl (C=O) groups excluding carboxylic acids is 2. The van der Waals surface area contributed by atoms with Gasteiger partial charge in [-0.1, -0.05) is 19.4 Å². The topological polar surface area (TPSA) is 62.3 Å². The molecule has 0 spiro atoms. The zero-order valence-corrected chi connectivity index (χ0v) is 13.8. The molecule has 0 aliphatic rings. The Labute approximate surface area is 130 Å². The van der Waals surface area contributed by atoms with Gasteiger partial charge in [0.1, 0.15) is 6.54 Å². The molecule has 1 N–H and O–H groups in total. The number of aromatic nitrogens is 1. The number of rotatable bonds is 8. The van der Waals surface area contributed by atoms with E-state index in [-0.39, 0.29) is 18.4 Å². The van der Waals surface area contributed by atoms with E-state index >= 15 is 0 Å². The molecule has 1 rings (SSSR count). The van der Waals surface area contributed by atoms with Crippen LogP contribution in [0.2, 0.25) is 0 Å². The summed E-state index contributed by atoms with van der Waals surface area (Å²) in [6.07, 6.45) is 3.89. The summed E-state index contributed by atoms with van der Waals surface area (Å²) < 4.78 is 0. The zero-order chi connectivity index (χ0) is 15.8. The quantitative estimate of drug-likeness (QED) is 0.751. The average molecular weight is 309 g/mol. The highest BCUT2D eigenvalue weighted by molar-refractivity contribution is 7.15. The monoisotopic (exact) mass is 309 g/mol. The van der Waals surface area contributed by atoms with Gasteiger partial charge in [0.05, 0.1) is 5.69 Å². The van der Waals surface area contributed by atoms with E-state index in [1.165, 1.54) is 16.2 Å². The van der Waals surface area contributed by atoms with Crippen molar-refractivity contribution in [2.45, 2.75) is 40.0 Å². The second kappa shape index (κ2) is 8.56. The van der Waals surface area contributed by atoms with Gasteiger partial charge in [-0.2, -0.15) is 0 Å². The molecule has 21 heavy (non-hydrogen) atoms. The molecule has 5 nitrogen and oxygen atoms in total. The minimum atomic E-state index is -0.226. The fraction of sp³-hybridized carbons (Fsp3) is 0.533. The lowest BCUT2D eigenvalue weighted by atomic mass is 10.2. The first-order chi connectivity index (χ1) is 9.97. The van der Waals surface area contributed by atoms with Crippen LogP contribution < -0.4 is 5.32 Å². The normalized spacial score (nSPS) is 10.2. The van der Waals surface area contributed by atoms with Gasteiger partial charge in [0.25, 0.3) is 0 Å². The average Bonchev–Trinajstić information content (AvgIpc) is 2.73. The molecule has 0 unspecified atom stereocenters. The highest BCUT2D eigenvalue weighted by atomic mass is 32.1.